The van der Waals surface area contributed by atoms with Crippen LogP contribution in [0.15, 0.2) is 303 Å². The Labute approximate surface area is 510 Å². The molecule has 2 aliphatic rings. The van der Waals surface area contributed by atoms with Gasteiger partial charge in [0.15, 0.2) is 22.7 Å². The van der Waals surface area contributed by atoms with Crippen LogP contribution >= 0.6 is 0 Å². The van der Waals surface area contributed by atoms with E-state index < -0.39 is 10.4 Å². The molecule has 0 atom stereocenters. The van der Waals surface area contributed by atoms with E-state index in [9.17, 15) is 0 Å². The molecular formula is C76H64N6O4S. The van der Waals surface area contributed by atoms with Crippen molar-refractivity contribution >= 4 is 90.0 Å². The quantitative estimate of drug-likeness (QED) is 0.0791. The van der Waals surface area contributed by atoms with E-state index in [1.165, 1.54) is 101 Å². The molecule has 11 heteroatoms. The van der Waals surface area contributed by atoms with E-state index in [4.69, 9.17) is 17.5 Å². The molecule has 0 fully saturated rings. The minimum Gasteiger partial charge on any atom is -0.759 e. The van der Waals surface area contributed by atoms with Gasteiger partial charge in [0.25, 0.3) is 0 Å². The third kappa shape index (κ3) is 11.2. The van der Waals surface area contributed by atoms with Crippen LogP contribution in [-0.4, -0.2) is 45.7 Å². The minimum absolute atomic E-state index is 0.477. The first-order valence-electron chi connectivity index (χ1n) is 28.8. The van der Waals surface area contributed by atoms with E-state index in [1.54, 1.807) is 0 Å². The first-order chi connectivity index (χ1) is 42.3. The second-order valence-electron chi connectivity index (χ2n) is 21.8. The molecule has 87 heavy (non-hydrogen) atoms. The van der Waals surface area contributed by atoms with Crippen molar-refractivity contribution < 1.29 is 17.5 Å². The van der Waals surface area contributed by atoms with Gasteiger partial charge in [-0.05, 0) is 69.8 Å². The van der Waals surface area contributed by atoms with Gasteiger partial charge in [0.1, 0.15) is 45.5 Å². The van der Waals surface area contributed by atoms with Crippen LogP contribution in [0.4, 0.5) is 79.6 Å². The molecule has 428 valence electrons. The molecule has 0 saturated heterocycles. The maximum atomic E-state index is 8.52. The molecule has 0 aromatic heterocycles. The second-order valence-corrected chi connectivity index (χ2v) is 22.6. The minimum atomic E-state index is -5.17. The molecule has 14 rings (SSSR count). The number of benzene rings is 12. The fraction of sp³-hybridized carbons (Fsp3) is 0.0526. The van der Waals surface area contributed by atoms with Crippen molar-refractivity contribution in [2.75, 3.05) is 48.6 Å². The van der Waals surface area contributed by atoms with E-state index in [2.05, 4.69) is 352 Å². The Balaban J connectivity index is 0.000000158. The van der Waals surface area contributed by atoms with Crippen LogP contribution in [0.3, 0.4) is 0 Å². The molecule has 0 radical (unpaired) electrons. The van der Waals surface area contributed by atoms with Crippen LogP contribution in [0.2, 0.25) is 0 Å². The summed E-state index contributed by atoms with van der Waals surface area (Å²) in [5, 5.41) is 7.77. The third-order valence-corrected chi connectivity index (χ3v) is 16.1. The first kappa shape index (κ1) is 57.1. The van der Waals surface area contributed by atoms with Gasteiger partial charge in [-0.25, -0.2) is 0 Å². The number of fused-ring (bicyclic) bond motifs is 4. The van der Waals surface area contributed by atoms with Gasteiger partial charge in [-0.1, -0.05) is 194 Å². The van der Waals surface area contributed by atoms with Gasteiger partial charge < -0.3 is 29.5 Å². The predicted octanol–water partition coefficient (Wildman–Crippen LogP) is 19.6. The molecule has 10 nitrogen and oxygen atoms in total. The summed E-state index contributed by atoms with van der Waals surface area (Å²) in [5.41, 5.74) is 25.8. The van der Waals surface area contributed by atoms with Crippen molar-refractivity contribution in [3.05, 3.63) is 303 Å². The summed E-state index contributed by atoms with van der Waals surface area (Å²) in [4.78, 5) is 4.45. The third-order valence-electron chi connectivity index (χ3n) is 16.1. The Morgan fingerprint density at radius 1 is 0.287 bits per heavy atom. The van der Waals surface area contributed by atoms with Gasteiger partial charge >= 0.3 is 0 Å². The van der Waals surface area contributed by atoms with Crippen molar-refractivity contribution in [2.45, 2.75) is 0 Å². The molecule has 0 unspecified atom stereocenters. The SMILES string of the molecule is CN(C)c1cc2c(cc1-c1ccccc1)Nc1cc(-c3ccccc3)ccc1[N+]2(c1ccccc1)c1ccccc1.CN(C)c1cc2c(cc1-c1ccccc1)Nc1cc(-c3ccccc3)ccc1[N+]2(c1ccccc1)c1ccccc1.O=S(=O)([O-])[O-]. The predicted molar refractivity (Wildman–Crippen MR) is 361 cm³/mol. The summed E-state index contributed by atoms with van der Waals surface area (Å²) >= 11 is 0. The molecule has 2 aliphatic heterocycles. The Hall–Kier alpha value is -10.4. The monoisotopic (exact) mass is 1160 g/mol. The van der Waals surface area contributed by atoms with Crippen LogP contribution in [0, 0.1) is 0 Å². The normalized spacial score (nSPS) is 12.9. The number of nitrogens with one attached hydrogen (secondary N) is 2. The molecule has 0 amide bonds. The maximum Gasteiger partial charge on any atom is 0.174 e. The van der Waals surface area contributed by atoms with E-state index >= 15 is 0 Å². The van der Waals surface area contributed by atoms with E-state index in [-0.39, 0.29) is 0 Å². The van der Waals surface area contributed by atoms with Gasteiger partial charge in [0, 0.05) is 123 Å². The molecule has 12 aromatic carbocycles. The standard InChI is InChI=1S/2C38H32N3.H2O4S/c2*1-40(2)36-27-38-35(26-33(36)29-17-9-4-10-18-29)39-34-25-30(28-15-7-3-8-16-28)23-24-37(34)41(38,31-19-11-5-12-20-31)32-21-13-6-14-22-32;1-5(2,3)4/h2*3-27,39H,1-2H3;(H2,1,2,3,4)/q2*+1;/p-2. The lowest BCUT2D eigenvalue weighted by Gasteiger charge is -2.42. The van der Waals surface area contributed by atoms with Gasteiger partial charge in [-0.3, -0.25) is 8.42 Å². The van der Waals surface area contributed by atoms with Crippen LogP contribution in [0.25, 0.3) is 44.5 Å². The van der Waals surface area contributed by atoms with Crippen LogP contribution in [0.1, 0.15) is 0 Å². The summed E-state index contributed by atoms with van der Waals surface area (Å²) in [7, 11) is 3.35. The smallest absolute Gasteiger partial charge is 0.174 e. The van der Waals surface area contributed by atoms with Gasteiger partial charge in [-0.15, -0.1) is 0 Å². The number of para-hydroxylation sites is 4. The molecule has 12 aromatic rings. The molecular weight excluding hydrogens is 1090 g/mol. The summed E-state index contributed by atoms with van der Waals surface area (Å²) in [6.45, 7) is 0. The molecule has 2 heterocycles. The van der Waals surface area contributed by atoms with Crippen molar-refractivity contribution in [1.29, 1.82) is 0 Å². The highest BCUT2D eigenvalue weighted by molar-refractivity contribution is 7.79. The van der Waals surface area contributed by atoms with Crippen molar-refractivity contribution in [1.82, 2.24) is 8.97 Å². The van der Waals surface area contributed by atoms with E-state index in [1.807, 2.05) is 0 Å². The average Bonchev–Trinajstić information content (AvgIpc) is 0.742. The summed E-state index contributed by atoms with van der Waals surface area (Å²) in [6, 6.07) is 109. The summed E-state index contributed by atoms with van der Waals surface area (Å²) in [5.74, 6) is 0. The summed E-state index contributed by atoms with van der Waals surface area (Å²) < 4.78 is 35.0. The Bertz CT molecular complexity index is 4110. The van der Waals surface area contributed by atoms with Crippen LogP contribution in [0.5, 0.6) is 0 Å². The van der Waals surface area contributed by atoms with E-state index in [0.29, 0.717) is 8.97 Å². The zero-order valence-corrected chi connectivity index (χ0v) is 49.5. The van der Waals surface area contributed by atoms with Gasteiger partial charge in [-0.2, -0.15) is 8.97 Å². The highest BCUT2D eigenvalue weighted by atomic mass is 32.3. The number of nitrogens with zero attached hydrogens (tertiary/aromatic N) is 4. The lowest BCUT2D eigenvalue weighted by atomic mass is 9.94. The van der Waals surface area contributed by atoms with Gasteiger partial charge in [0.05, 0.1) is 11.4 Å². The zero-order chi connectivity index (χ0) is 60.1. The number of anilines is 6. The molecule has 0 spiro atoms. The zero-order valence-electron chi connectivity index (χ0n) is 48.7. The van der Waals surface area contributed by atoms with Crippen LogP contribution < -0.4 is 29.4 Å². The number of quaternary nitrogens is 2. The largest absolute Gasteiger partial charge is 0.759 e. The number of rotatable bonds is 10. The Kier molecular flexibility index (Phi) is 16.0. The topological polar surface area (TPSA) is 111 Å². The first-order valence-corrected chi connectivity index (χ1v) is 30.1. The van der Waals surface area contributed by atoms with Crippen LogP contribution in [-0.2, 0) is 10.4 Å². The lowest BCUT2D eigenvalue weighted by Crippen LogP contribution is -2.37. The maximum absolute atomic E-state index is 8.52. The molecule has 0 bridgehead atoms. The highest BCUT2D eigenvalue weighted by Gasteiger charge is 2.48. The fourth-order valence-electron chi connectivity index (χ4n) is 12.4. The Morgan fingerprint density at radius 2 is 0.529 bits per heavy atom. The lowest BCUT2D eigenvalue weighted by molar-refractivity contribution is 0.352. The average molecular weight is 1160 g/mol. The van der Waals surface area contributed by atoms with E-state index in [0.717, 1.165) is 22.7 Å². The Morgan fingerprint density at radius 3 is 0.793 bits per heavy atom. The fourth-order valence-corrected chi connectivity index (χ4v) is 12.4. The van der Waals surface area contributed by atoms with Crippen molar-refractivity contribution in [3.8, 4) is 44.5 Å². The van der Waals surface area contributed by atoms with Crippen molar-refractivity contribution in [2.24, 2.45) is 0 Å². The van der Waals surface area contributed by atoms with Crippen molar-refractivity contribution in [3.63, 3.8) is 0 Å². The highest BCUT2D eigenvalue weighted by Crippen LogP contribution is 2.63. The number of hydrogen-bond donors (Lipinski definition) is 2. The summed E-state index contributed by atoms with van der Waals surface area (Å²) in [6.07, 6.45) is 0. The molecule has 2 N–H and O–H groups in total. The molecule has 0 saturated carbocycles. The number of hydrogen-bond acceptors (Lipinski definition) is 8. The molecule has 0 aliphatic carbocycles. The second kappa shape index (κ2) is 24.3. The van der Waals surface area contributed by atoms with Gasteiger partial charge in [0.2, 0.25) is 0 Å².